The number of aromatic nitrogens is 2. The van der Waals surface area contributed by atoms with Gasteiger partial charge in [0, 0.05) is 31.6 Å². The number of nitrogens with zero attached hydrogens (tertiary/aromatic N) is 2. The molecule has 1 atom stereocenters. The van der Waals surface area contributed by atoms with Crippen LogP contribution in [0.4, 0.5) is 0 Å². The van der Waals surface area contributed by atoms with E-state index in [0.717, 1.165) is 32.3 Å². The molecule has 1 heterocycles. The molecule has 1 aromatic rings. The van der Waals surface area contributed by atoms with Gasteiger partial charge in [0.05, 0.1) is 5.60 Å². The fourth-order valence-corrected chi connectivity index (χ4v) is 3.27. The van der Waals surface area contributed by atoms with Gasteiger partial charge >= 0.3 is 0 Å². The predicted molar refractivity (Wildman–Crippen MR) is 76.9 cm³/mol. The first-order chi connectivity index (χ1) is 9.18. The van der Waals surface area contributed by atoms with Crippen molar-refractivity contribution in [3.05, 3.63) is 18.0 Å². The van der Waals surface area contributed by atoms with Crippen molar-refractivity contribution in [3.8, 4) is 0 Å². The zero-order chi connectivity index (χ0) is 13.7. The van der Waals surface area contributed by atoms with Crippen LogP contribution in [-0.4, -0.2) is 28.0 Å². The number of rotatable bonds is 6. The van der Waals surface area contributed by atoms with Crippen LogP contribution in [0.1, 0.15) is 51.1 Å². The van der Waals surface area contributed by atoms with Gasteiger partial charge in [0.1, 0.15) is 0 Å². The van der Waals surface area contributed by atoms with Crippen molar-refractivity contribution in [2.75, 3.05) is 6.61 Å². The Morgan fingerprint density at radius 2 is 2.16 bits per heavy atom. The van der Waals surface area contributed by atoms with Crippen molar-refractivity contribution >= 4 is 0 Å². The molecule has 0 spiro atoms. The molecule has 1 unspecified atom stereocenters. The van der Waals surface area contributed by atoms with Crippen molar-refractivity contribution in [2.24, 2.45) is 12.8 Å². The number of hydrogen-bond donors (Lipinski definition) is 1. The standard InChI is InChI=1S/C15H27N3O/c1-3-19-15(10-5-4-6-11-15)14(16)8-7-13-9-12-17-18(13)2/h9,12,14H,3-8,10-11,16H2,1-2H3. The predicted octanol–water partition coefficient (Wildman–Crippen LogP) is 2.42. The largest absolute Gasteiger partial charge is 0.374 e. The van der Waals surface area contributed by atoms with Gasteiger partial charge in [-0.15, -0.1) is 0 Å². The number of ether oxygens (including phenoxy) is 1. The van der Waals surface area contributed by atoms with Crippen LogP contribution < -0.4 is 5.73 Å². The van der Waals surface area contributed by atoms with Crippen LogP contribution in [0.2, 0.25) is 0 Å². The summed E-state index contributed by atoms with van der Waals surface area (Å²) in [6.45, 7) is 2.84. The molecule has 0 aliphatic heterocycles. The maximum Gasteiger partial charge on any atom is 0.0832 e. The van der Waals surface area contributed by atoms with Crippen LogP contribution >= 0.6 is 0 Å². The summed E-state index contributed by atoms with van der Waals surface area (Å²) in [4.78, 5) is 0. The summed E-state index contributed by atoms with van der Waals surface area (Å²) in [5, 5.41) is 4.21. The van der Waals surface area contributed by atoms with Crippen molar-refractivity contribution in [1.82, 2.24) is 9.78 Å². The molecule has 1 aromatic heterocycles. The molecule has 0 bridgehead atoms. The molecule has 19 heavy (non-hydrogen) atoms. The van der Waals surface area contributed by atoms with Crippen molar-refractivity contribution in [2.45, 2.75) is 63.5 Å². The fraction of sp³-hybridized carbons (Fsp3) is 0.800. The normalized spacial score (nSPS) is 20.4. The third kappa shape index (κ3) is 3.37. The van der Waals surface area contributed by atoms with Crippen LogP contribution in [0.5, 0.6) is 0 Å². The van der Waals surface area contributed by atoms with E-state index in [-0.39, 0.29) is 11.6 Å². The minimum atomic E-state index is -0.0778. The van der Waals surface area contributed by atoms with Gasteiger partial charge < -0.3 is 10.5 Å². The van der Waals surface area contributed by atoms with Gasteiger partial charge in [0.15, 0.2) is 0 Å². The smallest absolute Gasteiger partial charge is 0.0832 e. The summed E-state index contributed by atoms with van der Waals surface area (Å²) in [7, 11) is 1.99. The number of hydrogen-bond acceptors (Lipinski definition) is 3. The third-order valence-electron chi connectivity index (χ3n) is 4.44. The molecule has 2 rings (SSSR count). The summed E-state index contributed by atoms with van der Waals surface area (Å²) < 4.78 is 8.02. The molecule has 4 nitrogen and oxygen atoms in total. The zero-order valence-corrected chi connectivity index (χ0v) is 12.3. The van der Waals surface area contributed by atoms with E-state index in [9.17, 15) is 0 Å². The number of aryl methyl sites for hydroxylation is 2. The second kappa shape index (κ2) is 6.53. The fourth-order valence-electron chi connectivity index (χ4n) is 3.27. The van der Waals surface area contributed by atoms with E-state index < -0.39 is 0 Å². The van der Waals surface area contributed by atoms with Gasteiger partial charge in [-0.1, -0.05) is 19.3 Å². The molecule has 2 N–H and O–H groups in total. The van der Waals surface area contributed by atoms with Gasteiger partial charge in [0.25, 0.3) is 0 Å². The van der Waals surface area contributed by atoms with E-state index in [1.807, 2.05) is 17.9 Å². The molecule has 0 radical (unpaired) electrons. The first-order valence-electron chi connectivity index (χ1n) is 7.54. The Kier molecular flexibility index (Phi) is 4.99. The van der Waals surface area contributed by atoms with E-state index >= 15 is 0 Å². The second-order valence-electron chi connectivity index (χ2n) is 5.65. The maximum absolute atomic E-state index is 6.48. The van der Waals surface area contributed by atoms with Crippen molar-refractivity contribution in [1.29, 1.82) is 0 Å². The summed E-state index contributed by atoms with van der Waals surface area (Å²) >= 11 is 0. The molecule has 0 saturated heterocycles. The van der Waals surface area contributed by atoms with Gasteiger partial charge in [-0.25, -0.2) is 0 Å². The highest BCUT2D eigenvalue weighted by molar-refractivity contribution is 5.02. The van der Waals surface area contributed by atoms with Crippen LogP contribution in [-0.2, 0) is 18.2 Å². The van der Waals surface area contributed by atoms with Gasteiger partial charge in [-0.05, 0) is 38.7 Å². The molecular formula is C15H27N3O. The summed E-state index contributed by atoms with van der Waals surface area (Å²) in [6, 6.07) is 2.20. The molecular weight excluding hydrogens is 238 g/mol. The molecule has 0 amide bonds. The Balaban J connectivity index is 1.95. The van der Waals surface area contributed by atoms with E-state index in [0.29, 0.717) is 0 Å². The highest BCUT2D eigenvalue weighted by atomic mass is 16.5. The highest BCUT2D eigenvalue weighted by Gasteiger charge is 2.38. The lowest BCUT2D eigenvalue weighted by molar-refractivity contribution is -0.0833. The Labute approximate surface area is 116 Å². The molecule has 1 aliphatic carbocycles. The molecule has 108 valence electrons. The minimum Gasteiger partial charge on any atom is -0.374 e. The SMILES string of the molecule is CCOC1(C(N)CCc2ccnn2C)CCCCC1. The summed E-state index contributed by atoms with van der Waals surface area (Å²) in [5.74, 6) is 0. The molecule has 0 aromatic carbocycles. The van der Waals surface area contributed by atoms with Crippen LogP contribution in [0.15, 0.2) is 12.3 Å². The lowest BCUT2D eigenvalue weighted by Gasteiger charge is -2.41. The summed E-state index contributed by atoms with van der Waals surface area (Å²) in [5.41, 5.74) is 7.65. The second-order valence-corrected chi connectivity index (χ2v) is 5.65. The quantitative estimate of drug-likeness (QED) is 0.859. The first-order valence-corrected chi connectivity index (χ1v) is 7.54. The third-order valence-corrected chi connectivity index (χ3v) is 4.44. The highest BCUT2D eigenvalue weighted by Crippen LogP contribution is 2.35. The monoisotopic (exact) mass is 265 g/mol. The Hall–Kier alpha value is -0.870. The molecule has 1 saturated carbocycles. The molecule has 4 heteroatoms. The Morgan fingerprint density at radius 3 is 2.74 bits per heavy atom. The Bertz CT molecular complexity index is 377. The topological polar surface area (TPSA) is 53.1 Å². The van der Waals surface area contributed by atoms with Crippen LogP contribution in [0.3, 0.4) is 0 Å². The zero-order valence-electron chi connectivity index (χ0n) is 12.3. The lowest BCUT2D eigenvalue weighted by atomic mass is 9.78. The van der Waals surface area contributed by atoms with Gasteiger partial charge in [0.2, 0.25) is 0 Å². The average Bonchev–Trinajstić information content (AvgIpc) is 2.83. The van der Waals surface area contributed by atoms with E-state index in [4.69, 9.17) is 10.5 Å². The molecule has 1 aliphatic rings. The van der Waals surface area contributed by atoms with E-state index in [2.05, 4.69) is 18.1 Å². The van der Waals surface area contributed by atoms with Crippen molar-refractivity contribution in [3.63, 3.8) is 0 Å². The lowest BCUT2D eigenvalue weighted by Crippen LogP contribution is -2.51. The van der Waals surface area contributed by atoms with Crippen LogP contribution in [0.25, 0.3) is 0 Å². The first kappa shape index (κ1) is 14.5. The van der Waals surface area contributed by atoms with E-state index in [1.54, 1.807) is 0 Å². The molecule has 1 fully saturated rings. The van der Waals surface area contributed by atoms with Gasteiger partial charge in [-0.2, -0.15) is 5.10 Å². The van der Waals surface area contributed by atoms with Gasteiger partial charge in [-0.3, -0.25) is 4.68 Å². The van der Waals surface area contributed by atoms with Crippen LogP contribution in [0, 0.1) is 0 Å². The van der Waals surface area contributed by atoms with E-state index in [1.165, 1.54) is 25.0 Å². The summed E-state index contributed by atoms with van der Waals surface area (Å²) in [6.07, 6.45) is 9.86. The number of nitrogens with two attached hydrogens (primary N) is 1. The maximum atomic E-state index is 6.48. The average molecular weight is 265 g/mol. The minimum absolute atomic E-state index is 0.0778. The van der Waals surface area contributed by atoms with Crippen molar-refractivity contribution < 1.29 is 4.74 Å². The Morgan fingerprint density at radius 1 is 1.42 bits per heavy atom.